The van der Waals surface area contributed by atoms with E-state index in [0.29, 0.717) is 11.5 Å². The van der Waals surface area contributed by atoms with E-state index in [4.69, 9.17) is 0 Å². The number of rotatable bonds is 6. The highest BCUT2D eigenvalue weighted by atomic mass is 19.2. The Bertz CT molecular complexity index is 1990. The summed E-state index contributed by atoms with van der Waals surface area (Å²) in [5, 5.41) is 0. The maximum Gasteiger partial charge on any atom is 0.134 e. The van der Waals surface area contributed by atoms with E-state index in [9.17, 15) is 30.7 Å². The summed E-state index contributed by atoms with van der Waals surface area (Å²) in [6.07, 6.45) is 19.6. The van der Waals surface area contributed by atoms with Gasteiger partial charge in [-0.3, -0.25) is 0 Å². The average molecular weight is 819 g/mol. The lowest BCUT2D eigenvalue weighted by atomic mass is 9.68. The molecule has 4 saturated carbocycles. The fourth-order valence-electron chi connectivity index (χ4n) is 11.1. The lowest BCUT2D eigenvalue weighted by Gasteiger charge is -2.37. The molecule has 0 radical (unpaired) electrons. The lowest BCUT2D eigenvalue weighted by Crippen LogP contribution is -2.24. The number of benzene rings is 4. The molecule has 0 atom stereocenters. The highest BCUT2D eigenvalue weighted by molar-refractivity contribution is 5.67. The zero-order valence-electron chi connectivity index (χ0n) is 35.3. The Balaban J connectivity index is 0.000000179. The van der Waals surface area contributed by atoms with Crippen molar-refractivity contribution in [3.05, 3.63) is 118 Å². The zero-order chi connectivity index (χ0) is 42.0. The molecule has 318 valence electrons. The second kappa shape index (κ2) is 19.0. The standard InChI is InChI=1S/C26H30F4.C26H31F3/c1-15-3-5-17(6-4-15)18-7-9-19(10-8-18)20-11-24(29)26(25(30)12-20)21-13-22(27)16(2)23(28)14-21;1-16-3-5-18(6-4-16)19-7-9-20(10-8-19)21-11-12-23(26(29)13-21)22-14-24(27)17(2)25(28)15-22/h11-15,17-19H,3-10H2,1-2H3;11-16,18-20H,3-10H2,1-2H3. The molecule has 8 rings (SSSR count). The van der Waals surface area contributed by atoms with Gasteiger partial charge in [0.1, 0.15) is 40.7 Å². The van der Waals surface area contributed by atoms with Crippen molar-refractivity contribution in [3.63, 3.8) is 0 Å². The molecule has 4 aromatic carbocycles. The molecule has 0 bridgehead atoms. The molecule has 0 nitrogen and oxygen atoms in total. The second-order valence-electron chi connectivity index (χ2n) is 19.0. The largest absolute Gasteiger partial charge is 0.207 e. The zero-order valence-corrected chi connectivity index (χ0v) is 35.3. The summed E-state index contributed by atoms with van der Waals surface area (Å²) in [6.45, 7) is 7.39. The minimum absolute atomic E-state index is 0.0324. The van der Waals surface area contributed by atoms with Crippen LogP contribution < -0.4 is 0 Å². The van der Waals surface area contributed by atoms with E-state index in [0.717, 1.165) is 91.7 Å². The van der Waals surface area contributed by atoms with Gasteiger partial charge in [-0.15, -0.1) is 0 Å². The number of hydrogen-bond acceptors (Lipinski definition) is 0. The normalized spacial score (nSPS) is 27.5. The highest BCUT2D eigenvalue weighted by Crippen LogP contribution is 2.46. The van der Waals surface area contributed by atoms with Crippen molar-refractivity contribution < 1.29 is 30.7 Å². The molecule has 0 unspecified atom stereocenters. The Hall–Kier alpha value is -3.61. The first-order valence-corrected chi connectivity index (χ1v) is 22.5. The van der Waals surface area contributed by atoms with Crippen molar-refractivity contribution >= 4 is 0 Å². The fraction of sp³-hybridized carbons (Fsp3) is 0.538. The molecule has 4 fully saturated rings. The molecular weight excluding hydrogens is 758 g/mol. The van der Waals surface area contributed by atoms with Crippen LogP contribution in [0.5, 0.6) is 0 Å². The van der Waals surface area contributed by atoms with Gasteiger partial charge in [0.05, 0.1) is 5.56 Å². The molecule has 4 aliphatic carbocycles. The van der Waals surface area contributed by atoms with E-state index < -0.39 is 40.7 Å². The van der Waals surface area contributed by atoms with Crippen LogP contribution in [0.2, 0.25) is 0 Å². The molecular formula is C52H61F7. The van der Waals surface area contributed by atoms with Crippen molar-refractivity contribution in [1.82, 2.24) is 0 Å². The summed E-state index contributed by atoms with van der Waals surface area (Å²) in [4.78, 5) is 0. The van der Waals surface area contributed by atoms with Gasteiger partial charge in [0.25, 0.3) is 0 Å². The minimum Gasteiger partial charge on any atom is -0.207 e. The Morgan fingerprint density at radius 1 is 0.356 bits per heavy atom. The van der Waals surface area contributed by atoms with Crippen LogP contribution in [-0.4, -0.2) is 0 Å². The monoisotopic (exact) mass is 818 g/mol. The Morgan fingerprint density at radius 2 is 0.695 bits per heavy atom. The van der Waals surface area contributed by atoms with E-state index in [1.165, 1.54) is 102 Å². The van der Waals surface area contributed by atoms with E-state index in [-0.39, 0.29) is 39.3 Å². The van der Waals surface area contributed by atoms with E-state index >= 15 is 0 Å². The predicted molar refractivity (Wildman–Crippen MR) is 225 cm³/mol. The molecule has 0 heterocycles. The molecule has 0 N–H and O–H groups in total. The van der Waals surface area contributed by atoms with Crippen LogP contribution in [0.1, 0.15) is 151 Å². The van der Waals surface area contributed by atoms with Crippen LogP contribution in [0.15, 0.2) is 54.6 Å². The predicted octanol–water partition coefficient (Wildman–Crippen LogP) is 16.5. The van der Waals surface area contributed by atoms with E-state index in [1.807, 2.05) is 6.07 Å². The maximum absolute atomic E-state index is 14.8. The Kier molecular flexibility index (Phi) is 14.0. The van der Waals surface area contributed by atoms with Gasteiger partial charge in [0, 0.05) is 16.7 Å². The maximum atomic E-state index is 14.8. The average Bonchev–Trinajstić information content (AvgIpc) is 3.22. The van der Waals surface area contributed by atoms with Crippen LogP contribution >= 0.6 is 0 Å². The first-order chi connectivity index (χ1) is 28.2. The molecule has 0 aromatic heterocycles. The minimum atomic E-state index is -0.802. The summed E-state index contributed by atoms with van der Waals surface area (Å²) in [7, 11) is 0. The van der Waals surface area contributed by atoms with Gasteiger partial charge >= 0.3 is 0 Å². The molecule has 0 aliphatic heterocycles. The molecule has 0 spiro atoms. The lowest BCUT2D eigenvalue weighted by molar-refractivity contribution is 0.165. The van der Waals surface area contributed by atoms with Gasteiger partial charge in [0.2, 0.25) is 0 Å². The van der Waals surface area contributed by atoms with E-state index in [2.05, 4.69) is 13.8 Å². The molecule has 0 saturated heterocycles. The Labute approximate surface area is 347 Å². The van der Waals surface area contributed by atoms with Crippen molar-refractivity contribution in [1.29, 1.82) is 0 Å². The number of hydrogen-bond donors (Lipinski definition) is 0. The number of halogens is 7. The van der Waals surface area contributed by atoms with Crippen molar-refractivity contribution in [2.45, 2.75) is 142 Å². The molecule has 4 aliphatic rings. The SMILES string of the molecule is Cc1c(F)cc(-c2c(F)cc(C3CCC(C4CCC(C)CC4)CC3)cc2F)cc1F.Cc1c(F)cc(-c2ccc(C3CCC(C4CCC(C)CC4)CC3)cc2F)cc1F. The van der Waals surface area contributed by atoms with Gasteiger partial charge in [-0.1, -0.05) is 51.7 Å². The van der Waals surface area contributed by atoms with Crippen molar-refractivity contribution in [2.24, 2.45) is 35.5 Å². The molecule has 0 amide bonds. The van der Waals surface area contributed by atoms with Gasteiger partial charge in [-0.25, -0.2) is 30.7 Å². The molecule has 7 heteroatoms. The van der Waals surface area contributed by atoms with E-state index in [1.54, 1.807) is 12.1 Å². The summed E-state index contributed by atoms with van der Waals surface area (Å²) in [5.74, 6) is 0.754. The van der Waals surface area contributed by atoms with Gasteiger partial charge < -0.3 is 0 Å². The van der Waals surface area contributed by atoms with Crippen LogP contribution in [0.4, 0.5) is 30.7 Å². The third kappa shape index (κ3) is 10.1. The molecule has 4 aromatic rings. The van der Waals surface area contributed by atoms with Crippen LogP contribution in [0, 0.1) is 90.1 Å². The van der Waals surface area contributed by atoms with Crippen LogP contribution in [-0.2, 0) is 0 Å². The second-order valence-corrected chi connectivity index (χ2v) is 19.0. The van der Waals surface area contributed by atoms with Gasteiger partial charge in [-0.2, -0.15) is 0 Å². The quantitative estimate of drug-likeness (QED) is 0.170. The van der Waals surface area contributed by atoms with Gasteiger partial charge in [-0.05, 0) is 203 Å². The fourth-order valence-corrected chi connectivity index (χ4v) is 11.1. The van der Waals surface area contributed by atoms with Crippen molar-refractivity contribution in [2.75, 3.05) is 0 Å². The third-order valence-electron chi connectivity index (χ3n) is 15.2. The Morgan fingerprint density at radius 3 is 1.08 bits per heavy atom. The summed E-state index contributed by atoms with van der Waals surface area (Å²) < 4.78 is 100. The molecule has 59 heavy (non-hydrogen) atoms. The highest BCUT2D eigenvalue weighted by Gasteiger charge is 2.32. The van der Waals surface area contributed by atoms with Crippen LogP contribution in [0.3, 0.4) is 0 Å². The summed E-state index contributed by atoms with van der Waals surface area (Å²) >= 11 is 0. The van der Waals surface area contributed by atoms with Crippen molar-refractivity contribution in [3.8, 4) is 22.3 Å². The first-order valence-electron chi connectivity index (χ1n) is 22.5. The van der Waals surface area contributed by atoms with Crippen LogP contribution in [0.25, 0.3) is 22.3 Å². The topological polar surface area (TPSA) is 0 Å². The summed E-state index contributed by atoms with van der Waals surface area (Å²) in [6, 6.07) is 12.4. The third-order valence-corrected chi connectivity index (χ3v) is 15.2. The van der Waals surface area contributed by atoms with Gasteiger partial charge in [0.15, 0.2) is 0 Å². The smallest absolute Gasteiger partial charge is 0.134 e. The summed E-state index contributed by atoms with van der Waals surface area (Å²) in [5.41, 5.74) is 1.55. The first kappa shape index (κ1) is 43.5.